The van der Waals surface area contributed by atoms with Gasteiger partial charge in [-0.1, -0.05) is 13.3 Å². The second-order valence-corrected chi connectivity index (χ2v) is 5.06. The van der Waals surface area contributed by atoms with E-state index in [-0.39, 0.29) is 0 Å². The molecule has 0 radical (unpaired) electrons. The van der Waals surface area contributed by atoms with Crippen LogP contribution in [0, 0.1) is 0 Å². The van der Waals surface area contributed by atoms with E-state index in [0.717, 1.165) is 57.7 Å². The van der Waals surface area contributed by atoms with Gasteiger partial charge in [-0.2, -0.15) is 0 Å². The number of rotatable bonds is 5. The first-order chi connectivity index (χ1) is 8.83. The van der Waals surface area contributed by atoms with Crippen LogP contribution in [0.15, 0.2) is 12.3 Å². The van der Waals surface area contributed by atoms with Crippen LogP contribution < -0.4 is 5.73 Å². The average Bonchev–Trinajstić information content (AvgIpc) is 2.41. The Kier molecular flexibility index (Phi) is 5.08. The fraction of sp³-hybridized carbons (Fsp3) is 0.714. The zero-order valence-electron chi connectivity index (χ0n) is 11.3. The van der Waals surface area contributed by atoms with Gasteiger partial charge >= 0.3 is 0 Å². The third-order valence-corrected chi connectivity index (χ3v) is 3.64. The summed E-state index contributed by atoms with van der Waals surface area (Å²) in [7, 11) is 0. The largest absolute Gasteiger partial charge is 0.329 e. The molecule has 4 heteroatoms. The molecule has 1 aromatic rings. The molecule has 1 aromatic heterocycles. The highest BCUT2D eigenvalue weighted by atomic mass is 15.1. The van der Waals surface area contributed by atoms with Crippen molar-refractivity contribution in [3.63, 3.8) is 0 Å². The maximum absolute atomic E-state index is 5.59. The van der Waals surface area contributed by atoms with Gasteiger partial charge in [0.1, 0.15) is 5.82 Å². The number of nitrogens with zero attached hydrogens (tertiary/aromatic N) is 3. The predicted molar refractivity (Wildman–Crippen MR) is 73.5 cm³/mol. The van der Waals surface area contributed by atoms with E-state index in [0.29, 0.717) is 5.92 Å². The number of likely N-dealkylation sites (tertiary alicyclic amines) is 1. The molecule has 1 aliphatic rings. The molecular weight excluding hydrogens is 224 g/mol. The van der Waals surface area contributed by atoms with Crippen molar-refractivity contribution in [2.75, 3.05) is 26.2 Å². The van der Waals surface area contributed by atoms with Gasteiger partial charge in [-0.15, -0.1) is 0 Å². The minimum atomic E-state index is 0.538. The van der Waals surface area contributed by atoms with Crippen molar-refractivity contribution in [3.05, 3.63) is 23.8 Å². The van der Waals surface area contributed by atoms with Gasteiger partial charge < -0.3 is 10.6 Å². The molecule has 0 aliphatic carbocycles. The number of piperidine rings is 1. The molecule has 1 saturated heterocycles. The number of hydrogen-bond acceptors (Lipinski definition) is 4. The summed E-state index contributed by atoms with van der Waals surface area (Å²) in [5, 5.41) is 0. The molecule has 2 N–H and O–H groups in total. The molecule has 0 saturated carbocycles. The summed E-state index contributed by atoms with van der Waals surface area (Å²) in [6.45, 7) is 6.22. The van der Waals surface area contributed by atoms with E-state index in [1.807, 2.05) is 12.3 Å². The Labute approximate surface area is 110 Å². The molecule has 2 heterocycles. The lowest BCUT2D eigenvalue weighted by atomic mass is 9.96. The van der Waals surface area contributed by atoms with Crippen molar-refractivity contribution in [3.8, 4) is 0 Å². The number of aryl methyl sites for hydroxylation is 1. The molecule has 100 valence electrons. The molecule has 2 rings (SSSR count). The van der Waals surface area contributed by atoms with Crippen molar-refractivity contribution < 1.29 is 0 Å². The number of nitrogens with two attached hydrogens (primary N) is 1. The molecule has 1 fully saturated rings. The minimum absolute atomic E-state index is 0.538. The molecule has 0 amide bonds. The van der Waals surface area contributed by atoms with Crippen LogP contribution in [-0.4, -0.2) is 41.0 Å². The fourth-order valence-electron chi connectivity index (χ4n) is 2.60. The molecular formula is C14H24N4. The topological polar surface area (TPSA) is 55.0 Å². The Hall–Kier alpha value is -1.00. The number of hydrogen-bond donors (Lipinski definition) is 1. The second kappa shape index (κ2) is 6.81. The average molecular weight is 248 g/mol. The maximum Gasteiger partial charge on any atom is 0.131 e. The van der Waals surface area contributed by atoms with Crippen molar-refractivity contribution in [1.29, 1.82) is 0 Å². The Morgan fingerprint density at radius 3 is 2.83 bits per heavy atom. The Morgan fingerprint density at radius 1 is 1.39 bits per heavy atom. The molecule has 18 heavy (non-hydrogen) atoms. The summed E-state index contributed by atoms with van der Waals surface area (Å²) in [5.41, 5.74) is 6.78. The third-order valence-electron chi connectivity index (χ3n) is 3.64. The van der Waals surface area contributed by atoms with Crippen molar-refractivity contribution in [2.45, 2.75) is 38.5 Å². The van der Waals surface area contributed by atoms with Gasteiger partial charge in [0.15, 0.2) is 0 Å². The van der Waals surface area contributed by atoms with E-state index < -0.39 is 0 Å². The third kappa shape index (κ3) is 3.50. The summed E-state index contributed by atoms with van der Waals surface area (Å²) in [5.74, 6) is 1.59. The van der Waals surface area contributed by atoms with Crippen LogP contribution in [0.5, 0.6) is 0 Å². The highest BCUT2D eigenvalue weighted by molar-refractivity contribution is 5.07. The van der Waals surface area contributed by atoms with E-state index in [2.05, 4.69) is 16.8 Å². The molecule has 0 atom stereocenters. The molecule has 0 unspecified atom stereocenters. The van der Waals surface area contributed by atoms with E-state index in [4.69, 9.17) is 10.7 Å². The van der Waals surface area contributed by atoms with E-state index >= 15 is 0 Å². The summed E-state index contributed by atoms with van der Waals surface area (Å²) < 4.78 is 0. The van der Waals surface area contributed by atoms with Crippen LogP contribution in [0.25, 0.3) is 0 Å². The lowest BCUT2D eigenvalue weighted by Gasteiger charge is -2.30. The SMILES string of the molecule is CCCc1ccnc(C2CCN(CCN)CC2)n1. The normalized spacial score (nSPS) is 18.1. The maximum atomic E-state index is 5.59. The van der Waals surface area contributed by atoms with Crippen molar-refractivity contribution in [1.82, 2.24) is 14.9 Å². The van der Waals surface area contributed by atoms with Gasteiger partial charge in [0.25, 0.3) is 0 Å². The summed E-state index contributed by atoms with van der Waals surface area (Å²) in [6, 6.07) is 2.04. The van der Waals surface area contributed by atoms with Gasteiger partial charge in [-0.25, -0.2) is 9.97 Å². The molecule has 0 spiro atoms. The van der Waals surface area contributed by atoms with Crippen LogP contribution in [0.4, 0.5) is 0 Å². The van der Waals surface area contributed by atoms with Gasteiger partial charge in [0.05, 0.1) is 0 Å². The first kappa shape index (κ1) is 13.4. The van der Waals surface area contributed by atoms with Crippen LogP contribution in [0.2, 0.25) is 0 Å². The van der Waals surface area contributed by atoms with Crippen LogP contribution in [-0.2, 0) is 6.42 Å². The van der Waals surface area contributed by atoms with E-state index in [1.54, 1.807) is 0 Å². The number of aromatic nitrogens is 2. The predicted octanol–water partition coefficient (Wildman–Crippen LogP) is 1.57. The van der Waals surface area contributed by atoms with Crippen LogP contribution >= 0.6 is 0 Å². The van der Waals surface area contributed by atoms with Crippen LogP contribution in [0.3, 0.4) is 0 Å². The second-order valence-electron chi connectivity index (χ2n) is 5.06. The van der Waals surface area contributed by atoms with Gasteiger partial charge in [-0.3, -0.25) is 0 Å². The summed E-state index contributed by atoms with van der Waals surface area (Å²) in [6.07, 6.45) is 6.44. The minimum Gasteiger partial charge on any atom is -0.329 e. The smallest absolute Gasteiger partial charge is 0.131 e. The highest BCUT2D eigenvalue weighted by Crippen LogP contribution is 2.25. The monoisotopic (exact) mass is 248 g/mol. The fourth-order valence-corrected chi connectivity index (χ4v) is 2.60. The van der Waals surface area contributed by atoms with E-state index in [9.17, 15) is 0 Å². The van der Waals surface area contributed by atoms with E-state index in [1.165, 1.54) is 5.69 Å². The zero-order chi connectivity index (χ0) is 12.8. The highest BCUT2D eigenvalue weighted by Gasteiger charge is 2.22. The Balaban J connectivity index is 1.94. The Morgan fingerprint density at radius 2 is 2.17 bits per heavy atom. The Bertz CT molecular complexity index is 359. The lowest BCUT2D eigenvalue weighted by Crippen LogP contribution is -2.36. The first-order valence-electron chi connectivity index (χ1n) is 7.07. The van der Waals surface area contributed by atoms with Crippen molar-refractivity contribution in [2.24, 2.45) is 5.73 Å². The van der Waals surface area contributed by atoms with Crippen molar-refractivity contribution >= 4 is 0 Å². The quantitative estimate of drug-likeness (QED) is 0.859. The molecule has 0 bridgehead atoms. The lowest BCUT2D eigenvalue weighted by molar-refractivity contribution is 0.214. The van der Waals surface area contributed by atoms with Gasteiger partial charge in [0, 0.05) is 30.9 Å². The summed E-state index contributed by atoms with van der Waals surface area (Å²) in [4.78, 5) is 11.6. The van der Waals surface area contributed by atoms with Gasteiger partial charge in [-0.05, 0) is 38.4 Å². The first-order valence-corrected chi connectivity index (χ1v) is 7.07. The molecule has 1 aliphatic heterocycles. The summed E-state index contributed by atoms with van der Waals surface area (Å²) >= 11 is 0. The van der Waals surface area contributed by atoms with Gasteiger partial charge in [0.2, 0.25) is 0 Å². The van der Waals surface area contributed by atoms with Crippen LogP contribution in [0.1, 0.15) is 43.6 Å². The zero-order valence-corrected chi connectivity index (χ0v) is 11.3. The standard InChI is InChI=1S/C14H24N4/c1-2-3-13-4-8-16-14(17-13)12-5-9-18(10-6-12)11-7-15/h4,8,12H,2-3,5-7,9-11,15H2,1H3. The molecule has 0 aromatic carbocycles. The molecule has 4 nitrogen and oxygen atoms in total.